The Morgan fingerprint density at radius 2 is 1.85 bits per heavy atom. The molecule has 1 heterocycles. The van der Waals surface area contributed by atoms with E-state index in [1.54, 1.807) is 30.3 Å². The SMILES string of the molecule is O=S(=O)(N[C@H]1CCN(Cc2ccc(OCCO)cc2)C1)c1ccccc1. The third kappa shape index (κ3) is 5.04. The monoisotopic (exact) mass is 376 g/mol. The fourth-order valence-electron chi connectivity index (χ4n) is 3.07. The van der Waals surface area contributed by atoms with Gasteiger partial charge in [-0.3, -0.25) is 4.90 Å². The fourth-order valence-corrected chi connectivity index (χ4v) is 4.36. The van der Waals surface area contributed by atoms with Crippen LogP contribution in [0, 0.1) is 0 Å². The first-order valence-corrected chi connectivity index (χ1v) is 10.2. The zero-order valence-corrected chi connectivity index (χ0v) is 15.4. The Bertz CT molecular complexity index is 794. The van der Waals surface area contributed by atoms with E-state index in [0.29, 0.717) is 11.4 Å². The lowest BCUT2D eigenvalue weighted by molar-refractivity contribution is 0.201. The third-order valence-electron chi connectivity index (χ3n) is 4.34. The predicted octanol–water partition coefficient (Wildman–Crippen LogP) is 1.61. The number of hydrogen-bond donors (Lipinski definition) is 2. The minimum atomic E-state index is -3.47. The molecule has 1 aliphatic heterocycles. The topological polar surface area (TPSA) is 78.9 Å². The summed E-state index contributed by atoms with van der Waals surface area (Å²) in [7, 11) is -3.47. The summed E-state index contributed by atoms with van der Waals surface area (Å²) >= 11 is 0. The van der Waals surface area contributed by atoms with Crippen molar-refractivity contribution >= 4 is 10.0 Å². The van der Waals surface area contributed by atoms with Gasteiger partial charge in [0, 0.05) is 25.7 Å². The van der Waals surface area contributed by atoms with Crippen LogP contribution in [0.15, 0.2) is 59.5 Å². The number of hydrogen-bond acceptors (Lipinski definition) is 5. The number of nitrogens with zero attached hydrogens (tertiary/aromatic N) is 1. The number of likely N-dealkylation sites (tertiary alicyclic amines) is 1. The lowest BCUT2D eigenvalue weighted by Crippen LogP contribution is -2.36. The Hall–Kier alpha value is -1.93. The van der Waals surface area contributed by atoms with Gasteiger partial charge in [-0.1, -0.05) is 30.3 Å². The summed E-state index contributed by atoms with van der Waals surface area (Å²) in [5.74, 6) is 0.734. The number of aliphatic hydroxyl groups excluding tert-OH is 1. The van der Waals surface area contributed by atoms with Gasteiger partial charge in [-0.2, -0.15) is 0 Å². The van der Waals surface area contributed by atoms with Crippen LogP contribution in [0.5, 0.6) is 5.75 Å². The molecule has 0 amide bonds. The van der Waals surface area contributed by atoms with Crippen molar-refractivity contribution in [3.05, 3.63) is 60.2 Å². The molecule has 6 nitrogen and oxygen atoms in total. The number of nitrogens with one attached hydrogen (secondary N) is 1. The molecule has 0 radical (unpaired) electrons. The van der Waals surface area contributed by atoms with Crippen LogP contribution in [0.4, 0.5) is 0 Å². The number of rotatable bonds is 8. The molecule has 0 unspecified atom stereocenters. The van der Waals surface area contributed by atoms with Crippen molar-refractivity contribution in [1.29, 1.82) is 0 Å². The molecule has 0 aromatic heterocycles. The van der Waals surface area contributed by atoms with Crippen molar-refractivity contribution in [2.45, 2.75) is 23.9 Å². The van der Waals surface area contributed by atoms with Crippen LogP contribution >= 0.6 is 0 Å². The minimum absolute atomic E-state index is 0.00416. The highest BCUT2D eigenvalue weighted by Gasteiger charge is 2.27. The molecule has 2 aromatic rings. The second kappa shape index (κ2) is 8.64. The molecule has 140 valence electrons. The number of aliphatic hydroxyl groups is 1. The molecule has 0 bridgehead atoms. The number of sulfonamides is 1. The molecular weight excluding hydrogens is 352 g/mol. The normalized spacial score (nSPS) is 18.1. The van der Waals surface area contributed by atoms with Gasteiger partial charge >= 0.3 is 0 Å². The van der Waals surface area contributed by atoms with Crippen molar-refractivity contribution in [1.82, 2.24) is 9.62 Å². The Morgan fingerprint density at radius 1 is 1.12 bits per heavy atom. The van der Waals surface area contributed by atoms with Crippen molar-refractivity contribution in [3.8, 4) is 5.75 Å². The first kappa shape index (κ1) is 18.8. The second-order valence-corrected chi connectivity index (χ2v) is 8.09. The van der Waals surface area contributed by atoms with Gasteiger partial charge in [-0.15, -0.1) is 0 Å². The van der Waals surface area contributed by atoms with E-state index in [9.17, 15) is 8.42 Å². The molecule has 7 heteroatoms. The average Bonchev–Trinajstić information content (AvgIpc) is 3.08. The van der Waals surface area contributed by atoms with Gasteiger partial charge in [-0.25, -0.2) is 13.1 Å². The Morgan fingerprint density at radius 3 is 2.54 bits per heavy atom. The van der Waals surface area contributed by atoms with Crippen LogP contribution in [0.3, 0.4) is 0 Å². The van der Waals surface area contributed by atoms with Gasteiger partial charge in [0.25, 0.3) is 0 Å². The van der Waals surface area contributed by atoms with Gasteiger partial charge in [0.05, 0.1) is 11.5 Å². The van der Waals surface area contributed by atoms with Crippen molar-refractivity contribution < 1.29 is 18.3 Å². The minimum Gasteiger partial charge on any atom is -0.491 e. The maximum atomic E-state index is 12.4. The molecular formula is C19H24N2O4S. The van der Waals surface area contributed by atoms with Crippen LogP contribution in [0.2, 0.25) is 0 Å². The van der Waals surface area contributed by atoms with E-state index < -0.39 is 10.0 Å². The summed E-state index contributed by atoms with van der Waals surface area (Å²) in [5, 5.41) is 8.77. The molecule has 1 atom stereocenters. The highest BCUT2D eigenvalue weighted by molar-refractivity contribution is 7.89. The third-order valence-corrected chi connectivity index (χ3v) is 5.87. The van der Waals surface area contributed by atoms with E-state index in [2.05, 4.69) is 9.62 Å². The zero-order chi connectivity index (χ0) is 18.4. The highest BCUT2D eigenvalue weighted by atomic mass is 32.2. The van der Waals surface area contributed by atoms with E-state index in [1.807, 2.05) is 24.3 Å². The zero-order valence-electron chi connectivity index (χ0n) is 14.5. The van der Waals surface area contributed by atoms with Crippen LogP contribution in [-0.4, -0.2) is 50.8 Å². The maximum Gasteiger partial charge on any atom is 0.240 e. The van der Waals surface area contributed by atoms with E-state index in [0.717, 1.165) is 30.8 Å². The standard InChI is InChI=1S/C19H24N2O4S/c22-12-13-25-18-8-6-16(7-9-18)14-21-11-10-17(15-21)20-26(23,24)19-4-2-1-3-5-19/h1-9,17,20,22H,10-15H2/t17-/m0/s1. The summed E-state index contributed by atoms with van der Waals surface area (Å²) in [6.07, 6.45) is 0.795. The fraction of sp³-hybridized carbons (Fsp3) is 0.368. The molecule has 1 fully saturated rings. The summed E-state index contributed by atoms with van der Waals surface area (Å²) in [4.78, 5) is 2.54. The van der Waals surface area contributed by atoms with Crippen molar-refractivity contribution in [3.63, 3.8) is 0 Å². The first-order chi connectivity index (χ1) is 12.6. The summed E-state index contributed by atoms with van der Waals surface area (Å²) < 4.78 is 33.0. The van der Waals surface area contributed by atoms with Gasteiger partial charge in [0.1, 0.15) is 12.4 Å². The number of ether oxygens (including phenoxy) is 1. The summed E-state index contributed by atoms with van der Waals surface area (Å²) in [6.45, 7) is 2.59. The predicted molar refractivity (Wildman–Crippen MR) is 99.5 cm³/mol. The molecule has 26 heavy (non-hydrogen) atoms. The van der Waals surface area contributed by atoms with E-state index >= 15 is 0 Å². The van der Waals surface area contributed by atoms with E-state index in [-0.39, 0.29) is 19.3 Å². The van der Waals surface area contributed by atoms with Gasteiger partial charge in [0.2, 0.25) is 10.0 Å². The smallest absolute Gasteiger partial charge is 0.240 e. The number of benzene rings is 2. The van der Waals surface area contributed by atoms with E-state index in [4.69, 9.17) is 9.84 Å². The van der Waals surface area contributed by atoms with Crippen LogP contribution in [-0.2, 0) is 16.6 Å². The van der Waals surface area contributed by atoms with E-state index in [1.165, 1.54) is 0 Å². The lowest BCUT2D eigenvalue weighted by Gasteiger charge is -2.17. The van der Waals surface area contributed by atoms with Crippen molar-refractivity contribution in [2.24, 2.45) is 0 Å². The highest BCUT2D eigenvalue weighted by Crippen LogP contribution is 2.18. The first-order valence-electron chi connectivity index (χ1n) is 8.69. The summed E-state index contributed by atoms with van der Waals surface area (Å²) in [6, 6.07) is 16.1. The summed E-state index contributed by atoms with van der Waals surface area (Å²) in [5.41, 5.74) is 1.15. The van der Waals surface area contributed by atoms with Crippen LogP contribution in [0.1, 0.15) is 12.0 Å². The molecule has 1 aliphatic rings. The second-order valence-electron chi connectivity index (χ2n) is 6.37. The van der Waals surface area contributed by atoms with Gasteiger partial charge in [0.15, 0.2) is 0 Å². The Labute approximate surface area is 154 Å². The molecule has 0 spiro atoms. The van der Waals surface area contributed by atoms with Gasteiger partial charge in [-0.05, 0) is 36.2 Å². The molecule has 1 saturated heterocycles. The van der Waals surface area contributed by atoms with Gasteiger partial charge < -0.3 is 9.84 Å². The largest absolute Gasteiger partial charge is 0.491 e. The van der Waals surface area contributed by atoms with Crippen LogP contribution in [0.25, 0.3) is 0 Å². The molecule has 2 N–H and O–H groups in total. The molecule has 2 aromatic carbocycles. The molecule has 3 rings (SSSR count). The quantitative estimate of drug-likeness (QED) is 0.732. The Balaban J connectivity index is 1.52. The molecule has 0 saturated carbocycles. The molecule has 0 aliphatic carbocycles. The maximum absolute atomic E-state index is 12.4. The van der Waals surface area contributed by atoms with Crippen LogP contribution < -0.4 is 9.46 Å². The Kier molecular flexibility index (Phi) is 6.26. The lowest BCUT2D eigenvalue weighted by atomic mass is 10.2. The average molecular weight is 376 g/mol. The van der Waals surface area contributed by atoms with Crippen molar-refractivity contribution in [2.75, 3.05) is 26.3 Å².